The van der Waals surface area contributed by atoms with Gasteiger partial charge < -0.3 is 20.9 Å². The molecule has 12 nitrogen and oxygen atoms in total. The molecule has 2 aliphatic rings. The number of carbonyl (C=O) groups is 3. The van der Waals surface area contributed by atoms with E-state index in [4.69, 9.17) is 0 Å². The van der Waals surface area contributed by atoms with E-state index in [1.165, 1.54) is 0 Å². The first kappa shape index (κ1) is 31.8. The van der Waals surface area contributed by atoms with Gasteiger partial charge in [-0.1, -0.05) is 38.1 Å². The van der Waals surface area contributed by atoms with Crippen molar-refractivity contribution >= 4 is 17.7 Å². The van der Waals surface area contributed by atoms with Gasteiger partial charge in [-0.25, -0.2) is 0 Å². The molecule has 3 aromatic rings. The van der Waals surface area contributed by atoms with Gasteiger partial charge in [0.05, 0.1) is 18.0 Å². The number of amides is 3. The maximum Gasteiger partial charge on any atom is 0.251 e. The summed E-state index contributed by atoms with van der Waals surface area (Å²) in [5, 5.41) is 34.3. The van der Waals surface area contributed by atoms with Crippen LogP contribution in [0.3, 0.4) is 0 Å². The number of aryl methyl sites for hydroxylation is 2. The minimum absolute atomic E-state index is 0.0768. The standard InChI is InChI=1S/C33H41N9O3/c1-32(2,3)27(37-19-28(43)42-14-6-7-24(42)18-34)17-33(31-38-40-41-39-31)25-12-10-22(29(44)35-4)15-20(25)8-9-21-16-23(30(45)36-5)11-13-26(21)33/h10-13,15-16,24,27,37H,6-9,14,17,19H2,1-5H3,(H,35,44)(H,36,45)(H,38,39,40,41). The summed E-state index contributed by atoms with van der Waals surface area (Å²) >= 11 is 0. The van der Waals surface area contributed by atoms with Gasteiger partial charge in [0, 0.05) is 37.8 Å². The Hall–Kier alpha value is -4.63. The average molecular weight is 612 g/mol. The largest absolute Gasteiger partial charge is 0.355 e. The zero-order valence-electron chi connectivity index (χ0n) is 26.5. The highest BCUT2D eigenvalue weighted by Crippen LogP contribution is 2.48. The maximum atomic E-state index is 13.4. The Labute approximate surface area is 263 Å². The van der Waals surface area contributed by atoms with Crippen molar-refractivity contribution in [2.75, 3.05) is 27.2 Å². The van der Waals surface area contributed by atoms with Crippen molar-refractivity contribution in [2.24, 2.45) is 5.41 Å². The van der Waals surface area contributed by atoms with Crippen LogP contribution in [0.5, 0.6) is 0 Å². The maximum absolute atomic E-state index is 13.4. The number of benzene rings is 2. The molecule has 2 aromatic carbocycles. The number of aromatic amines is 1. The lowest BCUT2D eigenvalue weighted by Crippen LogP contribution is -2.51. The van der Waals surface area contributed by atoms with E-state index in [0.717, 1.165) is 28.7 Å². The first-order valence-corrected chi connectivity index (χ1v) is 15.4. The summed E-state index contributed by atoms with van der Waals surface area (Å²) in [5.41, 5.74) is 3.63. The molecule has 236 valence electrons. The third-order valence-electron chi connectivity index (χ3n) is 9.28. The van der Waals surface area contributed by atoms with Crippen molar-refractivity contribution in [3.8, 4) is 6.07 Å². The number of tetrazole rings is 1. The fourth-order valence-corrected chi connectivity index (χ4v) is 6.82. The molecular formula is C33H41N9O3. The van der Waals surface area contributed by atoms with E-state index in [1.807, 2.05) is 36.4 Å². The SMILES string of the molecule is CNC(=O)c1ccc2c(c1)CCc1cc(C(=O)NC)ccc1C2(CC(NCC(=O)N1CCCC1C#N)C(C)(C)C)c1nn[nH]n1. The van der Waals surface area contributed by atoms with Gasteiger partial charge >= 0.3 is 0 Å². The molecule has 0 spiro atoms. The second kappa shape index (κ2) is 12.8. The van der Waals surface area contributed by atoms with Gasteiger partial charge in [-0.05, 0) is 84.0 Å². The van der Waals surface area contributed by atoms with Crippen LogP contribution in [-0.4, -0.2) is 82.5 Å². The van der Waals surface area contributed by atoms with Crippen LogP contribution >= 0.6 is 0 Å². The van der Waals surface area contributed by atoms with Crippen LogP contribution in [0.1, 0.15) is 88.8 Å². The van der Waals surface area contributed by atoms with Crippen molar-refractivity contribution in [3.63, 3.8) is 0 Å². The summed E-state index contributed by atoms with van der Waals surface area (Å²) in [6.45, 7) is 7.01. The molecule has 1 aromatic heterocycles. The highest BCUT2D eigenvalue weighted by molar-refractivity contribution is 5.95. The predicted octanol–water partition coefficient (Wildman–Crippen LogP) is 2.26. The van der Waals surface area contributed by atoms with E-state index in [1.54, 1.807) is 19.0 Å². The minimum atomic E-state index is -0.951. The van der Waals surface area contributed by atoms with Crippen LogP contribution < -0.4 is 16.0 Å². The topological polar surface area (TPSA) is 169 Å². The molecule has 2 unspecified atom stereocenters. The molecule has 2 atom stereocenters. The van der Waals surface area contributed by atoms with Crippen LogP contribution in [0.25, 0.3) is 0 Å². The van der Waals surface area contributed by atoms with Crippen molar-refractivity contribution in [3.05, 3.63) is 75.6 Å². The fraction of sp³-hybridized carbons (Fsp3) is 0.485. The number of hydrogen-bond acceptors (Lipinski definition) is 8. The lowest BCUT2D eigenvalue weighted by Gasteiger charge is -2.41. The number of nitriles is 1. The molecule has 5 rings (SSSR count). The van der Waals surface area contributed by atoms with E-state index < -0.39 is 11.5 Å². The van der Waals surface area contributed by atoms with Crippen LogP contribution in [0, 0.1) is 16.7 Å². The normalized spacial score (nSPS) is 17.8. The third kappa shape index (κ3) is 6.04. The van der Waals surface area contributed by atoms with E-state index in [2.05, 4.69) is 63.4 Å². The van der Waals surface area contributed by atoms with Crippen molar-refractivity contribution in [2.45, 2.75) is 70.4 Å². The van der Waals surface area contributed by atoms with Crippen molar-refractivity contribution in [1.29, 1.82) is 5.26 Å². The van der Waals surface area contributed by atoms with Crippen molar-refractivity contribution in [1.82, 2.24) is 41.5 Å². The molecule has 4 N–H and O–H groups in total. The van der Waals surface area contributed by atoms with Gasteiger partial charge in [-0.3, -0.25) is 14.4 Å². The van der Waals surface area contributed by atoms with Gasteiger partial charge in [0.1, 0.15) is 6.04 Å². The Morgan fingerprint density at radius 2 is 1.64 bits per heavy atom. The van der Waals surface area contributed by atoms with Gasteiger partial charge in [0.25, 0.3) is 11.8 Å². The molecule has 0 saturated carbocycles. The summed E-state index contributed by atoms with van der Waals surface area (Å²) in [6, 6.07) is 13.1. The van der Waals surface area contributed by atoms with Crippen LogP contribution in [-0.2, 0) is 23.1 Å². The van der Waals surface area contributed by atoms with Crippen LogP contribution in [0.2, 0.25) is 0 Å². The molecule has 45 heavy (non-hydrogen) atoms. The van der Waals surface area contributed by atoms with Crippen LogP contribution in [0.4, 0.5) is 0 Å². The fourth-order valence-electron chi connectivity index (χ4n) is 6.82. The van der Waals surface area contributed by atoms with E-state index in [0.29, 0.717) is 49.2 Å². The molecule has 0 bridgehead atoms. The highest BCUT2D eigenvalue weighted by Gasteiger charge is 2.48. The van der Waals surface area contributed by atoms with E-state index in [-0.39, 0.29) is 35.7 Å². The number of H-pyrrole nitrogens is 1. The highest BCUT2D eigenvalue weighted by atomic mass is 16.2. The minimum Gasteiger partial charge on any atom is -0.355 e. The molecule has 3 amide bonds. The molecule has 12 heteroatoms. The number of likely N-dealkylation sites (tertiary alicyclic amines) is 1. The first-order valence-electron chi connectivity index (χ1n) is 15.4. The number of hydrogen-bond donors (Lipinski definition) is 4. The average Bonchev–Trinajstić information content (AvgIpc) is 3.74. The number of aromatic nitrogens is 4. The number of nitrogens with one attached hydrogen (secondary N) is 4. The smallest absolute Gasteiger partial charge is 0.251 e. The zero-order valence-corrected chi connectivity index (χ0v) is 26.5. The number of nitrogens with zero attached hydrogens (tertiary/aromatic N) is 5. The quantitative estimate of drug-likeness (QED) is 0.301. The lowest BCUT2D eigenvalue weighted by molar-refractivity contribution is -0.130. The summed E-state index contributed by atoms with van der Waals surface area (Å²) in [4.78, 5) is 40.4. The second-order valence-corrected chi connectivity index (χ2v) is 12.9. The predicted molar refractivity (Wildman–Crippen MR) is 167 cm³/mol. The third-order valence-corrected chi connectivity index (χ3v) is 9.28. The Morgan fingerprint density at radius 3 is 2.13 bits per heavy atom. The summed E-state index contributed by atoms with van der Waals surface area (Å²) < 4.78 is 0. The monoisotopic (exact) mass is 611 g/mol. The Bertz CT molecular complexity index is 1550. The van der Waals surface area contributed by atoms with Gasteiger partial charge in [-0.2, -0.15) is 10.5 Å². The summed E-state index contributed by atoms with van der Waals surface area (Å²) in [7, 11) is 3.21. The zero-order chi connectivity index (χ0) is 32.4. The van der Waals surface area contributed by atoms with Crippen LogP contribution in [0.15, 0.2) is 36.4 Å². The summed E-state index contributed by atoms with van der Waals surface area (Å²) in [5.74, 6) is -0.0123. The summed E-state index contributed by atoms with van der Waals surface area (Å²) in [6.07, 6.45) is 3.21. The number of carbonyl (C=O) groups excluding carboxylic acids is 3. The Kier molecular flexibility index (Phi) is 9.02. The molecule has 1 fully saturated rings. The second-order valence-electron chi connectivity index (χ2n) is 12.9. The number of fused-ring (bicyclic) bond motifs is 2. The van der Waals surface area contributed by atoms with E-state index in [9.17, 15) is 19.6 Å². The molecule has 0 radical (unpaired) electrons. The molecular weight excluding hydrogens is 570 g/mol. The first-order chi connectivity index (χ1) is 21.5. The van der Waals surface area contributed by atoms with Gasteiger partial charge in [-0.15, -0.1) is 10.2 Å². The Morgan fingerprint density at radius 1 is 1.04 bits per heavy atom. The van der Waals surface area contributed by atoms with Crippen molar-refractivity contribution < 1.29 is 14.4 Å². The molecule has 2 heterocycles. The Balaban J connectivity index is 1.67. The molecule has 1 saturated heterocycles. The number of rotatable bonds is 8. The molecule has 1 aliphatic carbocycles. The van der Waals surface area contributed by atoms with Gasteiger partial charge in [0.2, 0.25) is 5.91 Å². The van der Waals surface area contributed by atoms with E-state index >= 15 is 0 Å². The van der Waals surface area contributed by atoms with Gasteiger partial charge in [0.15, 0.2) is 5.82 Å². The lowest BCUT2D eigenvalue weighted by atomic mass is 9.64. The molecule has 1 aliphatic heterocycles.